The normalized spacial score (nSPS) is 19.4. The van der Waals surface area contributed by atoms with Crippen LogP contribution >= 0.6 is 22.9 Å². The fourth-order valence-electron chi connectivity index (χ4n) is 2.21. The largest absolute Gasteiger partial charge is 0.338 e. The molecule has 2 heterocycles. The second-order valence-corrected chi connectivity index (χ2v) is 6.12. The van der Waals surface area contributed by atoms with Gasteiger partial charge < -0.3 is 4.90 Å². The quantitative estimate of drug-likeness (QED) is 0.776. The zero-order chi connectivity index (χ0) is 12.4. The first kappa shape index (κ1) is 12.8. The monoisotopic (exact) mass is 272 g/mol. The number of aryl methyl sites for hydroxylation is 1. The molecule has 1 aromatic heterocycles. The Balaban J connectivity index is 1.98. The summed E-state index contributed by atoms with van der Waals surface area (Å²) in [6.45, 7) is 5.56. The van der Waals surface area contributed by atoms with Gasteiger partial charge in [0.1, 0.15) is 4.88 Å². The van der Waals surface area contributed by atoms with E-state index in [1.807, 2.05) is 18.7 Å². The summed E-state index contributed by atoms with van der Waals surface area (Å²) >= 11 is 7.53. The van der Waals surface area contributed by atoms with Crippen LogP contribution in [-0.4, -0.2) is 34.3 Å². The lowest BCUT2D eigenvalue weighted by molar-refractivity contribution is 0.0694. The van der Waals surface area contributed by atoms with Crippen molar-refractivity contribution in [2.75, 3.05) is 13.1 Å². The molecule has 3 nitrogen and oxygen atoms in total. The molecule has 1 aromatic rings. The maximum Gasteiger partial charge on any atom is 0.265 e. The van der Waals surface area contributed by atoms with Gasteiger partial charge in [-0.15, -0.1) is 22.9 Å². The van der Waals surface area contributed by atoms with Gasteiger partial charge in [-0.05, 0) is 32.6 Å². The molecule has 5 heteroatoms. The van der Waals surface area contributed by atoms with Gasteiger partial charge in [0, 0.05) is 18.5 Å². The van der Waals surface area contributed by atoms with Gasteiger partial charge in [0.15, 0.2) is 0 Å². The molecule has 1 aliphatic rings. The topological polar surface area (TPSA) is 33.2 Å². The number of carbonyl (C=O) groups excluding carboxylic acids is 1. The minimum absolute atomic E-state index is 0.130. The van der Waals surface area contributed by atoms with E-state index >= 15 is 0 Å². The smallest absolute Gasteiger partial charge is 0.265 e. The van der Waals surface area contributed by atoms with Crippen molar-refractivity contribution in [3.8, 4) is 0 Å². The number of piperidine rings is 1. The predicted octanol–water partition coefficient (Wildman–Crippen LogP) is 2.93. The van der Waals surface area contributed by atoms with Crippen LogP contribution in [-0.2, 0) is 0 Å². The molecule has 0 N–H and O–H groups in total. The number of alkyl halides is 1. The number of halogens is 1. The standard InChI is InChI=1S/C12H17ClN2OS/c1-8(13)10-3-5-15(6-4-10)12(16)11-9(2)14-7-17-11/h7-8,10H,3-6H2,1-2H3. The van der Waals surface area contributed by atoms with Gasteiger partial charge in [0.2, 0.25) is 0 Å². The Bertz CT molecular complexity index is 397. The lowest BCUT2D eigenvalue weighted by Crippen LogP contribution is -2.39. The number of nitrogens with zero attached hydrogens (tertiary/aromatic N) is 2. The van der Waals surface area contributed by atoms with Gasteiger partial charge in [0.25, 0.3) is 5.91 Å². The minimum atomic E-state index is 0.130. The summed E-state index contributed by atoms with van der Waals surface area (Å²) in [5, 5.41) is 0.206. The second kappa shape index (κ2) is 5.36. The van der Waals surface area contributed by atoms with Gasteiger partial charge in [-0.25, -0.2) is 4.98 Å². The molecular formula is C12H17ClN2OS. The SMILES string of the molecule is Cc1ncsc1C(=O)N1CCC(C(C)Cl)CC1. The van der Waals surface area contributed by atoms with Crippen LogP contribution in [0.2, 0.25) is 0 Å². The molecule has 0 saturated carbocycles. The van der Waals surface area contributed by atoms with Crippen LogP contribution in [0.15, 0.2) is 5.51 Å². The summed E-state index contributed by atoms with van der Waals surface area (Å²) in [6.07, 6.45) is 2.02. The molecule has 1 saturated heterocycles. The minimum Gasteiger partial charge on any atom is -0.338 e. The highest BCUT2D eigenvalue weighted by molar-refractivity contribution is 7.11. The van der Waals surface area contributed by atoms with Crippen molar-refractivity contribution >= 4 is 28.8 Å². The number of aromatic nitrogens is 1. The third-order valence-electron chi connectivity index (χ3n) is 3.42. The Morgan fingerprint density at radius 3 is 2.71 bits per heavy atom. The van der Waals surface area contributed by atoms with Gasteiger partial charge >= 0.3 is 0 Å². The van der Waals surface area contributed by atoms with E-state index in [9.17, 15) is 4.79 Å². The van der Waals surface area contributed by atoms with Crippen molar-refractivity contribution in [1.82, 2.24) is 9.88 Å². The Morgan fingerprint density at radius 2 is 2.24 bits per heavy atom. The Kier molecular flexibility index (Phi) is 4.05. The second-order valence-electron chi connectivity index (χ2n) is 4.57. The first-order chi connectivity index (χ1) is 8.09. The van der Waals surface area contributed by atoms with E-state index < -0.39 is 0 Å². The molecule has 1 fully saturated rings. The van der Waals surface area contributed by atoms with Crippen LogP contribution in [0.25, 0.3) is 0 Å². The van der Waals surface area contributed by atoms with Crippen molar-refractivity contribution in [2.45, 2.75) is 32.1 Å². The number of amides is 1. The molecule has 1 unspecified atom stereocenters. The van der Waals surface area contributed by atoms with Gasteiger partial charge in [0.05, 0.1) is 11.2 Å². The first-order valence-electron chi connectivity index (χ1n) is 5.93. The molecule has 0 bridgehead atoms. The lowest BCUT2D eigenvalue weighted by Gasteiger charge is -2.32. The summed E-state index contributed by atoms with van der Waals surface area (Å²) < 4.78 is 0. The molecule has 1 atom stereocenters. The third kappa shape index (κ3) is 2.80. The first-order valence-corrected chi connectivity index (χ1v) is 7.24. The van der Waals surface area contributed by atoms with Crippen molar-refractivity contribution in [1.29, 1.82) is 0 Å². The summed E-state index contributed by atoms with van der Waals surface area (Å²) in [6, 6.07) is 0. The maximum absolute atomic E-state index is 12.2. The highest BCUT2D eigenvalue weighted by Gasteiger charge is 2.27. The van der Waals surface area contributed by atoms with E-state index in [0.29, 0.717) is 5.92 Å². The molecule has 2 rings (SSSR count). The summed E-state index contributed by atoms with van der Waals surface area (Å²) in [5.41, 5.74) is 2.57. The zero-order valence-electron chi connectivity index (χ0n) is 10.1. The van der Waals surface area contributed by atoms with Crippen molar-refractivity contribution in [3.05, 3.63) is 16.1 Å². The van der Waals surface area contributed by atoms with Crippen molar-refractivity contribution < 1.29 is 4.79 Å². The summed E-state index contributed by atoms with van der Waals surface area (Å²) in [4.78, 5) is 19.1. The van der Waals surface area contributed by atoms with Gasteiger partial charge in [-0.2, -0.15) is 0 Å². The molecule has 0 aliphatic carbocycles. The number of hydrogen-bond donors (Lipinski definition) is 0. The van der Waals surface area contributed by atoms with E-state index in [2.05, 4.69) is 4.98 Å². The van der Waals surface area contributed by atoms with Crippen LogP contribution in [0.5, 0.6) is 0 Å². The van der Waals surface area contributed by atoms with Crippen molar-refractivity contribution in [3.63, 3.8) is 0 Å². The third-order valence-corrected chi connectivity index (χ3v) is 4.69. The molecule has 1 amide bonds. The van der Waals surface area contributed by atoms with E-state index in [4.69, 9.17) is 11.6 Å². The summed E-state index contributed by atoms with van der Waals surface area (Å²) in [5.74, 6) is 0.675. The molecule has 0 aromatic carbocycles. The average molecular weight is 273 g/mol. The van der Waals surface area contributed by atoms with Gasteiger partial charge in [-0.1, -0.05) is 0 Å². The maximum atomic E-state index is 12.2. The molecular weight excluding hydrogens is 256 g/mol. The zero-order valence-corrected chi connectivity index (χ0v) is 11.7. The Morgan fingerprint density at radius 1 is 1.59 bits per heavy atom. The van der Waals surface area contributed by atoms with E-state index in [0.717, 1.165) is 36.5 Å². The van der Waals surface area contributed by atoms with E-state index in [-0.39, 0.29) is 11.3 Å². The lowest BCUT2D eigenvalue weighted by atomic mass is 9.94. The molecule has 94 valence electrons. The predicted molar refractivity (Wildman–Crippen MR) is 70.8 cm³/mol. The summed E-state index contributed by atoms with van der Waals surface area (Å²) in [7, 11) is 0. The van der Waals surface area contributed by atoms with Crippen molar-refractivity contribution in [2.24, 2.45) is 5.92 Å². The number of rotatable bonds is 2. The fraction of sp³-hybridized carbons (Fsp3) is 0.667. The van der Waals surface area contributed by atoms with E-state index in [1.165, 1.54) is 11.3 Å². The molecule has 0 spiro atoms. The van der Waals surface area contributed by atoms with Crippen LogP contribution in [0, 0.1) is 12.8 Å². The molecule has 1 aliphatic heterocycles. The number of thiazole rings is 1. The van der Waals surface area contributed by atoms with Crippen LogP contribution in [0.4, 0.5) is 0 Å². The van der Waals surface area contributed by atoms with Crippen LogP contribution in [0.1, 0.15) is 35.1 Å². The number of likely N-dealkylation sites (tertiary alicyclic amines) is 1. The van der Waals surface area contributed by atoms with Crippen LogP contribution in [0.3, 0.4) is 0 Å². The molecule has 0 radical (unpaired) electrons. The number of carbonyl (C=O) groups is 1. The Labute approximate surface area is 111 Å². The Hall–Kier alpha value is -0.610. The average Bonchev–Trinajstić information content (AvgIpc) is 2.74. The van der Waals surface area contributed by atoms with Crippen LogP contribution < -0.4 is 0 Å². The highest BCUT2D eigenvalue weighted by Crippen LogP contribution is 2.25. The highest BCUT2D eigenvalue weighted by atomic mass is 35.5. The van der Waals surface area contributed by atoms with E-state index in [1.54, 1.807) is 5.51 Å². The number of hydrogen-bond acceptors (Lipinski definition) is 3. The fourth-order valence-corrected chi connectivity index (χ4v) is 3.23. The molecule has 17 heavy (non-hydrogen) atoms. The van der Waals surface area contributed by atoms with Gasteiger partial charge in [-0.3, -0.25) is 4.79 Å².